The van der Waals surface area contributed by atoms with Gasteiger partial charge in [0.15, 0.2) is 37.7 Å². The van der Waals surface area contributed by atoms with E-state index in [0.717, 1.165) is 0 Å². The molecule has 20 unspecified atom stereocenters. The summed E-state index contributed by atoms with van der Waals surface area (Å²) < 4.78 is 76.5. The molecule has 1 aromatic carbocycles. The summed E-state index contributed by atoms with van der Waals surface area (Å²) in [5.41, 5.74) is 76.0. The Morgan fingerprint density at radius 1 is 0.327 bits per heavy atom. The summed E-state index contributed by atoms with van der Waals surface area (Å²) in [6.45, 7) is -1.36. The zero-order valence-corrected chi connectivity index (χ0v) is 52.9. The predicted molar refractivity (Wildman–Crippen MR) is 327 cm³/mol. The molecular formula is C56H96N18O24. The molecule has 2 saturated carbocycles. The third-order valence-corrected chi connectivity index (χ3v) is 19.7. The SMILES string of the molecule is NCC1O[C@H](OC2C(N)C[C@@H](N)C(O)[C@H]2O[C@@H]2O[C@H](Cn3cc(-c4ccc(-c5cn(C[C@H]6O[C@@H](O[C@H]7C(O[C@H]8OC(CN)C(O)[C@H](O)C8N)C(N)C[C@@H](N)C7O)[C@@H](O)C6O[C@H]6O[C@@H](CN)C(O)C(O)C6N)nn5)cc4)nn3)C(O[C@H]3O[C@@H](CN)C(O)C(O)C3N)[C@@H]2O)C(N)[C@@H](O)C1O. The average Bonchev–Trinajstić information content (AvgIpc) is 1.42. The quantitative estimate of drug-likeness (QED) is 0.0444. The Bertz CT molecular complexity index is 2820. The second-order valence-electron chi connectivity index (χ2n) is 26.4. The van der Waals surface area contributed by atoms with Crippen molar-refractivity contribution in [2.75, 3.05) is 26.2 Å². The molecular weight excluding hydrogens is 1310 g/mol. The molecule has 6 aliphatic heterocycles. The number of benzene rings is 1. The van der Waals surface area contributed by atoms with Gasteiger partial charge in [-0.15, -0.1) is 10.2 Å². The normalized spacial score (nSPS) is 48.0. The monoisotopic (exact) mass is 1400 g/mol. The van der Waals surface area contributed by atoms with E-state index in [-0.39, 0.29) is 52.1 Å². The Hall–Kier alpha value is -3.94. The topological polar surface area (TPSA) is 727 Å². The van der Waals surface area contributed by atoms with Gasteiger partial charge < -0.3 is 187 Å². The van der Waals surface area contributed by atoms with Crippen LogP contribution < -0.4 is 68.8 Å². The fourth-order valence-corrected chi connectivity index (χ4v) is 13.7. The summed E-state index contributed by atoms with van der Waals surface area (Å²) in [5.74, 6) is 0. The molecule has 98 heavy (non-hydrogen) atoms. The average molecular weight is 1410 g/mol. The lowest BCUT2D eigenvalue weighted by Crippen LogP contribution is -2.68. The minimum atomic E-state index is -1.73. The minimum Gasteiger partial charge on any atom is -0.389 e. The molecule has 0 spiro atoms. The van der Waals surface area contributed by atoms with Gasteiger partial charge in [-0.2, -0.15) is 0 Å². The van der Waals surface area contributed by atoms with Crippen molar-refractivity contribution in [3.8, 4) is 22.5 Å². The molecule has 0 bridgehead atoms. The minimum absolute atomic E-state index is 0.00897. The van der Waals surface area contributed by atoms with Gasteiger partial charge in [-0.25, -0.2) is 9.36 Å². The van der Waals surface area contributed by atoms with Gasteiger partial charge in [0.05, 0.1) is 61.9 Å². The number of ether oxygens (including phenoxy) is 12. The first-order chi connectivity index (χ1) is 46.6. The summed E-state index contributed by atoms with van der Waals surface area (Å²) in [5, 5.41) is 150. The molecule has 554 valence electrons. The predicted octanol–water partition coefficient (Wildman–Crippen LogP) is -15.5. The Labute approximate surface area is 559 Å². The lowest BCUT2D eigenvalue weighted by molar-refractivity contribution is -0.306. The Kier molecular flexibility index (Phi) is 24.2. The van der Waals surface area contributed by atoms with Crippen molar-refractivity contribution >= 4 is 0 Å². The van der Waals surface area contributed by atoms with Gasteiger partial charge in [0.1, 0.15) is 146 Å². The van der Waals surface area contributed by atoms with Crippen LogP contribution in [0.5, 0.6) is 0 Å². The third-order valence-electron chi connectivity index (χ3n) is 19.7. The highest BCUT2D eigenvalue weighted by Gasteiger charge is 2.58. The van der Waals surface area contributed by atoms with Crippen molar-refractivity contribution < 1.29 is 118 Å². The van der Waals surface area contributed by atoms with Gasteiger partial charge in [-0.3, -0.25) is 0 Å². The van der Waals surface area contributed by atoms with Crippen molar-refractivity contribution in [2.24, 2.45) is 68.8 Å². The molecule has 3 aromatic rings. The Morgan fingerprint density at radius 3 is 0.878 bits per heavy atom. The van der Waals surface area contributed by atoms with Gasteiger partial charge in [-0.1, -0.05) is 34.7 Å². The van der Waals surface area contributed by atoms with Crippen LogP contribution in [0.3, 0.4) is 0 Å². The van der Waals surface area contributed by atoms with E-state index in [1.54, 1.807) is 36.7 Å². The van der Waals surface area contributed by atoms with Crippen LogP contribution in [0.2, 0.25) is 0 Å². The summed E-state index contributed by atoms with van der Waals surface area (Å²) in [4.78, 5) is 0. The first-order valence-electron chi connectivity index (χ1n) is 32.4. The number of hydrogen-bond acceptors (Lipinski definition) is 40. The van der Waals surface area contributed by atoms with E-state index in [4.69, 9.17) is 126 Å². The molecule has 8 aliphatic rings. The van der Waals surface area contributed by atoms with Crippen LogP contribution in [0, 0.1) is 0 Å². The number of nitrogens with two attached hydrogens (primary N) is 12. The second kappa shape index (κ2) is 31.6. The zero-order valence-electron chi connectivity index (χ0n) is 52.9. The van der Waals surface area contributed by atoms with E-state index in [2.05, 4.69) is 20.6 Å². The third kappa shape index (κ3) is 15.2. The van der Waals surface area contributed by atoms with Gasteiger partial charge >= 0.3 is 0 Å². The number of aliphatic hydroxyl groups excluding tert-OH is 12. The Morgan fingerprint density at radius 2 is 0.592 bits per heavy atom. The Balaban J connectivity index is 0.796. The zero-order chi connectivity index (χ0) is 70.6. The summed E-state index contributed by atoms with van der Waals surface area (Å²) in [6.07, 6.45) is -39.8. The maximum atomic E-state index is 12.1. The highest BCUT2D eigenvalue weighted by Crippen LogP contribution is 2.39. The highest BCUT2D eigenvalue weighted by atomic mass is 16.8. The lowest BCUT2D eigenvalue weighted by atomic mass is 9.84. The smallest absolute Gasteiger partial charge is 0.187 e. The molecule has 0 radical (unpaired) electrons. The molecule has 2 aromatic heterocycles. The molecule has 8 heterocycles. The van der Waals surface area contributed by atoms with Crippen LogP contribution in [0.25, 0.3) is 22.5 Å². The lowest BCUT2D eigenvalue weighted by Gasteiger charge is -2.47. The van der Waals surface area contributed by atoms with Crippen LogP contribution >= 0.6 is 0 Å². The summed E-state index contributed by atoms with van der Waals surface area (Å²) in [7, 11) is 0. The maximum absolute atomic E-state index is 12.1. The van der Waals surface area contributed by atoms with Crippen LogP contribution in [0.4, 0.5) is 0 Å². The van der Waals surface area contributed by atoms with E-state index >= 15 is 0 Å². The molecule has 2 aliphatic carbocycles. The standard InChI is InChI=1S/C56H96N18O24/c57-7-23-35(77)39(81)29(65)51(87-23)93-45-19(63)5-17(61)33(75)49(45)97-55-43(85)47(95-53-31(67)41(83)37(79)25(9-59)89-53)27(91-55)13-73-11-21(69-71-73)15-1-2-16(4-3-15)22-12-74(72-70-22)14-28-48(96-54-32(68)42(84)38(80)26(10-60)90-54)44(86)56(92-28)98-50-34(76)18(62)6-20(64)46(50)94-52-30(66)40(82)36(78)24(8-58)88-52/h1-4,11-12,17-20,23-56,75-86H,5-10,13-14,57-68H2/t17-,18-,19?,20?,23?,24?,25+,26+,27-,28-,29?,30?,31?,32?,33?,34?,35?,36?,37?,38?,39-,40-,41?,42?,43+,44+,45?,46?,47?,48?,49-,50-,51-,52-,53-,54-,55+,56+/m1/s1. The summed E-state index contributed by atoms with van der Waals surface area (Å²) in [6, 6.07) is -2.37. The summed E-state index contributed by atoms with van der Waals surface area (Å²) >= 11 is 0. The van der Waals surface area contributed by atoms with E-state index < -0.39 is 233 Å². The first kappa shape index (κ1) is 75.2. The molecule has 8 fully saturated rings. The van der Waals surface area contributed by atoms with Gasteiger partial charge in [0.25, 0.3) is 0 Å². The number of aromatic nitrogens is 6. The fourth-order valence-electron chi connectivity index (χ4n) is 13.7. The number of rotatable bonds is 22. The van der Waals surface area contributed by atoms with Gasteiger partial charge in [0.2, 0.25) is 0 Å². The largest absolute Gasteiger partial charge is 0.389 e. The van der Waals surface area contributed by atoms with E-state index in [9.17, 15) is 61.3 Å². The first-order valence-corrected chi connectivity index (χ1v) is 32.4. The van der Waals surface area contributed by atoms with Crippen LogP contribution in [0.15, 0.2) is 36.7 Å². The molecule has 6 saturated heterocycles. The molecule has 38 atom stereocenters. The van der Waals surface area contributed by atoms with Crippen LogP contribution in [-0.4, -0.2) is 350 Å². The van der Waals surface area contributed by atoms with Crippen molar-refractivity contribution in [3.63, 3.8) is 0 Å². The van der Waals surface area contributed by atoms with Crippen molar-refractivity contribution in [1.82, 2.24) is 30.0 Å². The van der Waals surface area contributed by atoms with Crippen molar-refractivity contribution in [2.45, 2.75) is 259 Å². The number of aliphatic hydroxyl groups is 12. The number of hydrogen-bond donors (Lipinski definition) is 24. The van der Waals surface area contributed by atoms with Crippen molar-refractivity contribution in [1.29, 1.82) is 0 Å². The second-order valence-corrected chi connectivity index (χ2v) is 26.4. The molecule has 42 heteroatoms. The molecule has 36 N–H and O–H groups in total. The van der Waals surface area contributed by atoms with E-state index in [0.29, 0.717) is 22.5 Å². The van der Waals surface area contributed by atoms with Crippen LogP contribution in [-0.2, 0) is 69.9 Å². The van der Waals surface area contributed by atoms with Gasteiger partial charge in [0, 0.05) is 61.5 Å². The maximum Gasteiger partial charge on any atom is 0.187 e. The molecule has 11 rings (SSSR count). The molecule has 0 amide bonds. The van der Waals surface area contributed by atoms with Crippen LogP contribution in [0.1, 0.15) is 12.8 Å². The highest BCUT2D eigenvalue weighted by molar-refractivity contribution is 5.65. The van der Waals surface area contributed by atoms with E-state index in [1.807, 2.05) is 0 Å². The van der Waals surface area contributed by atoms with Gasteiger partial charge in [-0.05, 0) is 12.8 Å². The fraction of sp³-hybridized carbons (Fsp3) is 0.821. The number of nitrogens with zero attached hydrogens (tertiary/aromatic N) is 6. The van der Waals surface area contributed by atoms with E-state index in [1.165, 1.54) is 9.36 Å². The molecule has 42 nitrogen and oxygen atoms in total. The van der Waals surface area contributed by atoms with Crippen molar-refractivity contribution in [3.05, 3.63) is 36.7 Å².